The maximum atomic E-state index is 13.6. The number of anilines is 2. The number of hydrogen-bond donors (Lipinski definition) is 1. The number of hydrogen-bond acceptors (Lipinski definition) is 4. The molecule has 32 heavy (non-hydrogen) atoms. The molecule has 0 bridgehead atoms. The van der Waals surface area contributed by atoms with Gasteiger partial charge >= 0.3 is 5.69 Å². The normalized spacial score (nSPS) is 13.4. The molecule has 0 radical (unpaired) electrons. The van der Waals surface area contributed by atoms with Gasteiger partial charge in [-0.1, -0.05) is 35.8 Å². The van der Waals surface area contributed by atoms with Crippen molar-refractivity contribution in [2.24, 2.45) is 13.0 Å². The molecule has 0 aliphatic heterocycles. The third-order valence-electron chi connectivity index (χ3n) is 5.98. The Labute approximate surface area is 185 Å². The fraction of sp³-hybridized carbons (Fsp3) is 0.208. The Morgan fingerprint density at radius 2 is 1.69 bits per heavy atom. The van der Waals surface area contributed by atoms with Crippen molar-refractivity contribution in [1.29, 1.82) is 0 Å². The molecule has 2 aromatic heterocycles. The second kappa shape index (κ2) is 7.71. The molecule has 1 aliphatic carbocycles. The molecule has 1 fully saturated rings. The average Bonchev–Trinajstić information content (AvgIpc) is 3.61. The van der Waals surface area contributed by atoms with Crippen molar-refractivity contribution in [2.75, 3.05) is 5.32 Å². The van der Waals surface area contributed by atoms with E-state index in [-0.39, 0.29) is 16.8 Å². The number of pyridine rings is 1. The maximum Gasteiger partial charge on any atom is 0.337 e. The van der Waals surface area contributed by atoms with Gasteiger partial charge in [-0.3, -0.25) is 18.7 Å². The summed E-state index contributed by atoms with van der Waals surface area (Å²) in [5.41, 5.74) is 2.03. The lowest BCUT2D eigenvalue weighted by molar-refractivity contribution is 0.567. The van der Waals surface area contributed by atoms with Crippen LogP contribution in [-0.2, 0) is 13.6 Å². The first-order valence-corrected chi connectivity index (χ1v) is 10.7. The van der Waals surface area contributed by atoms with Gasteiger partial charge < -0.3 is 5.32 Å². The minimum absolute atomic E-state index is 0.278. The molecule has 0 saturated heterocycles. The molecular formula is C24H23BN4O3. The number of benzene rings is 2. The van der Waals surface area contributed by atoms with Crippen molar-refractivity contribution in [3.8, 4) is 5.69 Å². The summed E-state index contributed by atoms with van der Waals surface area (Å²) in [6.07, 6.45) is 2.02. The van der Waals surface area contributed by atoms with E-state index in [2.05, 4.69) is 5.32 Å². The molecular weight excluding hydrogens is 403 g/mol. The highest BCUT2D eigenvalue weighted by Crippen LogP contribution is 2.30. The standard InChI is InChI=1S/C24H23BN4O3/c1-27-20(30)13-19(26-17-11-9-16(25)10-12-17)21-22(27)29(18-5-3-2-4-6-18)24(32)28(23(21)31)14-15-7-8-15/h2-6,9-13,15,26H,7-8,14,25H2,1H3. The van der Waals surface area contributed by atoms with Gasteiger partial charge in [0.05, 0.1) is 11.4 Å². The summed E-state index contributed by atoms with van der Waals surface area (Å²) < 4.78 is 4.16. The molecule has 1 aliphatic rings. The van der Waals surface area contributed by atoms with E-state index in [9.17, 15) is 14.4 Å². The maximum absolute atomic E-state index is 13.6. The minimum atomic E-state index is -0.428. The summed E-state index contributed by atoms with van der Waals surface area (Å²) in [7, 11) is 3.58. The van der Waals surface area contributed by atoms with Gasteiger partial charge in [0.2, 0.25) is 0 Å². The average molecular weight is 426 g/mol. The molecule has 5 rings (SSSR count). The van der Waals surface area contributed by atoms with E-state index in [4.69, 9.17) is 0 Å². The third kappa shape index (κ3) is 3.47. The van der Waals surface area contributed by atoms with E-state index in [0.717, 1.165) is 24.0 Å². The zero-order chi connectivity index (χ0) is 22.4. The van der Waals surface area contributed by atoms with Gasteiger partial charge in [-0.05, 0) is 43.0 Å². The van der Waals surface area contributed by atoms with Crippen LogP contribution in [0.1, 0.15) is 12.8 Å². The molecule has 7 nitrogen and oxygen atoms in total. The Balaban J connectivity index is 1.87. The smallest absolute Gasteiger partial charge is 0.337 e. The van der Waals surface area contributed by atoms with Gasteiger partial charge in [-0.2, -0.15) is 0 Å². The number of para-hydroxylation sites is 1. The highest BCUT2D eigenvalue weighted by atomic mass is 16.2. The van der Waals surface area contributed by atoms with E-state index in [0.29, 0.717) is 29.2 Å². The van der Waals surface area contributed by atoms with E-state index in [1.807, 2.05) is 50.3 Å². The van der Waals surface area contributed by atoms with Crippen LogP contribution >= 0.6 is 0 Å². The first-order chi connectivity index (χ1) is 15.4. The highest BCUT2D eigenvalue weighted by molar-refractivity contribution is 6.32. The summed E-state index contributed by atoms with van der Waals surface area (Å²) in [5, 5.41) is 3.55. The lowest BCUT2D eigenvalue weighted by atomic mass is 9.96. The van der Waals surface area contributed by atoms with Gasteiger partial charge in [-0.15, -0.1) is 0 Å². The van der Waals surface area contributed by atoms with Gasteiger partial charge in [0.25, 0.3) is 11.1 Å². The second-order valence-electron chi connectivity index (χ2n) is 8.46. The summed E-state index contributed by atoms with van der Waals surface area (Å²) >= 11 is 0. The van der Waals surface area contributed by atoms with Crippen molar-refractivity contribution in [3.63, 3.8) is 0 Å². The molecule has 0 spiro atoms. The van der Waals surface area contributed by atoms with Crippen LogP contribution < -0.4 is 27.6 Å². The fourth-order valence-electron chi connectivity index (χ4n) is 4.01. The first-order valence-electron chi connectivity index (χ1n) is 10.7. The minimum Gasteiger partial charge on any atom is -0.355 e. The number of aromatic nitrogens is 3. The first kappa shape index (κ1) is 20.1. The molecule has 1 saturated carbocycles. The van der Waals surface area contributed by atoms with Crippen molar-refractivity contribution in [2.45, 2.75) is 19.4 Å². The van der Waals surface area contributed by atoms with E-state index in [1.165, 1.54) is 19.8 Å². The van der Waals surface area contributed by atoms with E-state index >= 15 is 0 Å². The SMILES string of the molecule is Bc1ccc(Nc2cc(=O)n(C)c3c2c(=O)n(CC2CC2)c(=O)n3-c2ccccc2)cc1. The second-order valence-corrected chi connectivity index (χ2v) is 8.46. The van der Waals surface area contributed by atoms with Crippen LogP contribution in [0.5, 0.6) is 0 Å². The largest absolute Gasteiger partial charge is 0.355 e. The topological polar surface area (TPSA) is 78.0 Å². The van der Waals surface area contributed by atoms with Crippen LogP contribution in [0.2, 0.25) is 0 Å². The van der Waals surface area contributed by atoms with Crippen LogP contribution in [0.3, 0.4) is 0 Å². The van der Waals surface area contributed by atoms with Gasteiger partial charge in [0, 0.05) is 25.3 Å². The Kier molecular flexibility index (Phi) is 4.85. The molecule has 2 heterocycles. The van der Waals surface area contributed by atoms with Crippen LogP contribution in [0.4, 0.5) is 11.4 Å². The highest BCUT2D eigenvalue weighted by Gasteiger charge is 2.26. The summed E-state index contributed by atoms with van der Waals surface area (Å²) in [6, 6.07) is 18.3. The zero-order valence-corrected chi connectivity index (χ0v) is 18.0. The zero-order valence-electron chi connectivity index (χ0n) is 18.0. The third-order valence-corrected chi connectivity index (χ3v) is 5.98. The van der Waals surface area contributed by atoms with Gasteiger partial charge in [0.1, 0.15) is 18.9 Å². The Morgan fingerprint density at radius 1 is 1.00 bits per heavy atom. The molecule has 160 valence electrons. The number of fused-ring (bicyclic) bond motifs is 1. The van der Waals surface area contributed by atoms with Crippen LogP contribution in [-0.4, -0.2) is 21.5 Å². The van der Waals surface area contributed by atoms with Crippen LogP contribution in [0.15, 0.2) is 75.0 Å². The Hall–Kier alpha value is -3.81. The predicted octanol–water partition coefficient (Wildman–Crippen LogP) is 1.26. The fourth-order valence-corrected chi connectivity index (χ4v) is 4.01. The molecule has 0 amide bonds. The number of rotatable bonds is 5. The quantitative estimate of drug-likeness (QED) is 0.488. The number of nitrogens with one attached hydrogen (secondary N) is 1. The lowest BCUT2D eigenvalue weighted by Gasteiger charge is -2.19. The van der Waals surface area contributed by atoms with E-state index in [1.54, 1.807) is 19.2 Å². The molecule has 0 unspecified atom stereocenters. The van der Waals surface area contributed by atoms with Crippen LogP contribution in [0, 0.1) is 5.92 Å². The summed E-state index contributed by atoms with van der Waals surface area (Å²) in [4.78, 5) is 40.0. The molecule has 2 aromatic carbocycles. The number of nitrogens with zero attached hydrogens (tertiary/aromatic N) is 3. The summed E-state index contributed by atoms with van der Waals surface area (Å²) in [5.74, 6) is 0.336. The monoisotopic (exact) mass is 426 g/mol. The molecule has 8 heteroatoms. The van der Waals surface area contributed by atoms with Crippen LogP contribution in [0.25, 0.3) is 16.7 Å². The lowest BCUT2D eigenvalue weighted by Crippen LogP contribution is -2.42. The molecule has 1 N–H and O–H groups in total. The number of aryl methyl sites for hydroxylation is 1. The van der Waals surface area contributed by atoms with Crippen molar-refractivity contribution in [1.82, 2.24) is 13.7 Å². The van der Waals surface area contributed by atoms with Crippen molar-refractivity contribution < 1.29 is 0 Å². The molecule has 4 aromatic rings. The predicted molar refractivity (Wildman–Crippen MR) is 130 cm³/mol. The summed E-state index contributed by atoms with van der Waals surface area (Å²) in [6.45, 7) is 0.382. The Morgan fingerprint density at radius 3 is 2.34 bits per heavy atom. The van der Waals surface area contributed by atoms with Crippen molar-refractivity contribution in [3.05, 3.63) is 91.9 Å². The van der Waals surface area contributed by atoms with Gasteiger partial charge in [0.15, 0.2) is 0 Å². The van der Waals surface area contributed by atoms with Crippen molar-refractivity contribution >= 4 is 35.7 Å². The Bertz CT molecular complexity index is 1500. The van der Waals surface area contributed by atoms with E-state index < -0.39 is 5.69 Å². The molecule has 0 atom stereocenters. The van der Waals surface area contributed by atoms with Gasteiger partial charge in [-0.25, -0.2) is 9.36 Å².